The number of hydrogen-bond donors (Lipinski definition) is 1. The Hall–Kier alpha value is -1.67. The van der Waals surface area contributed by atoms with Gasteiger partial charge in [-0.1, -0.05) is 62.2 Å². The summed E-state index contributed by atoms with van der Waals surface area (Å²) in [6.45, 7) is 6.29. The first-order valence-corrected chi connectivity index (χ1v) is 9.65. The van der Waals surface area contributed by atoms with Crippen molar-refractivity contribution in [2.75, 3.05) is 0 Å². The molecule has 3 rings (SSSR count). The highest BCUT2D eigenvalue weighted by molar-refractivity contribution is 6.09. The summed E-state index contributed by atoms with van der Waals surface area (Å²) in [7, 11) is 0. The van der Waals surface area contributed by atoms with E-state index in [0.29, 0.717) is 12.3 Å². The fourth-order valence-electron chi connectivity index (χ4n) is 4.63. The molecular formula is C23H30O2. The number of allylic oxidation sites excluding steroid dienone is 3. The van der Waals surface area contributed by atoms with Gasteiger partial charge in [-0.2, -0.15) is 0 Å². The molecule has 2 aliphatic rings. The van der Waals surface area contributed by atoms with E-state index in [1.165, 1.54) is 11.1 Å². The summed E-state index contributed by atoms with van der Waals surface area (Å²) in [5.74, 6) is 0.593. The molecule has 3 atom stereocenters. The average molecular weight is 338 g/mol. The Kier molecular flexibility index (Phi) is 5.29. The van der Waals surface area contributed by atoms with E-state index >= 15 is 0 Å². The topological polar surface area (TPSA) is 37.3 Å². The molecule has 134 valence electrons. The van der Waals surface area contributed by atoms with Gasteiger partial charge in [0.25, 0.3) is 0 Å². The van der Waals surface area contributed by atoms with Crippen LogP contribution in [0.3, 0.4) is 0 Å². The molecule has 0 amide bonds. The summed E-state index contributed by atoms with van der Waals surface area (Å²) in [4.78, 5) is 12.9. The first kappa shape index (κ1) is 18.1. The molecule has 0 saturated heterocycles. The minimum atomic E-state index is -0.375. The lowest BCUT2D eigenvalue weighted by atomic mass is 9.57. The zero-order valence-electron chi connectivity index (χ0n) is 15.7. The van der Waals surface area contributed by atoms with Crippen LogP contribution in [0.1, 0.15) is 58.4 Å². The van der Waals surface area contributed by atoms with Gasteiger partial charge in [0.2, 0.25) is 0 Å². The quantitative estimate of drug-likeness (QED) is 0.783. The van der Waals surface area contributed by atoms with Crippen LogP contribution < -0.4 is 0 Å². The SMILES string of the molecule is CCC(C)/C=C1\C[C@@]2(Cc3ccccc3)C(=C(C)C1=O)CCC[C@@H]2O. The maximum absolute atomic E-state index is 12.9. The van der Waals surface area contributed by atoms with E-state index < -0.39 is 0 Å². The number of aliphatic hydroxyl groups excluding tert-OH is 1. The summed E-state index contributed by atoms with van der Waals surface area (Å²) in [5, 5.41) is 11.1. The van der Waals surface area contributed by atoms with Gasteiger partial charge < -0.3 is 5.11 Å². The number of fused-ring (bicyclic) bond motifs is 1. The second-order valence-corrected chi connectivity index (χ2v) is 7.91. The highest BCUT2D eigenvalue weighted by Gasteiger charge is 2.48. The third-order valence-corrected chi connectivity index (χ3v) is 6.23. The van der Waals surface area contributed by atoms with Crippen LogP contribution in [0.15, 0.2) is 53.1 Å². The first-order valence-electron chi connectivity index (χ1n) is 9.65. The van der Waals surface area contributed by atoms with E-state index in [1.54, 1.807) is 0 Å². The van der Waals surface area contributed by atoms with Crippen LogP contribution in [-0.4, -0.2) is 17.0 Å². The monoisotopic (exact) mass is 338 g/mol. The van der Waals surface area contributed by atoms with Crippen LogP contribution in [0.2, 0.25) is 0 Å². The van der Waals surface area contributed by atoms with E-state index in [9.17, 15) is 9.90 Å². The van der Waals surface area contributed by atoms with Gasteiger partial charge in [-0.05, 0) is 61.7 Å². The molecule has 2 aliphatic carbocycles. The number of aliphatic hydroxyl groups is 1. The molecule has 0 aliphatic heterocycles. The van der Waals surface area contributed by atoms with Crippen LogP contribution in [0, 0.1) is 11.3 Å². The van der Waals surface area contributed by atoms with Crippen molar-refractivity contribution in [3.8, 4) is 0 Å². The van der Waals surface area contributed by atoms with Crippen LogP contribution in [0.4, 0.5) is 0 Å². The summed E-state index contributed by atoms with van der Waals surface area (Å²) in [6.07, 6.45) is 7.04. The van der Waals surface area contributed by atoms with Gasteiger partial charge >= 0.3 is 0 Å². The summed E-state index contributed by atoms with van der Waals surface area (Å²) in [6, 6.07) is 10.4. The van der Waals surface area contributed by atoms with Crippen molar-refractivity contribution in [2.24, 2.45) is 11.3 Å². The first-order chi connectivity index (χ1) is 12.0. The van der Waals surface area contributed by atoms with Crippen molar-refractivity contribution in [1.29, 1.82) is 0 Å². The van der Waals surface area contributed by atoms with Crippen LogP contribution in [0.5, 0.6) is 0 Å². The van der Waals surface area contributed by atoms with Gasteiger partial charge in [0, 0.05) is 5.41 Å². The highest BCUT2D eigenvalue weighted by atomic mass is 16.3. The van der Waals surface area contributed by atoms with Crippen molar-refractivity contribution < 1.29 is 9.90 Å². The maximum Gasteiger partial charge on any atom is 0.184 e. The third kappa shape index (κ3) is 3.37. The zero-order chi connectivity index (χ0) is 18.0. The normalized spacial score (nSPS) is 29.7. The smallest absolute Gasteiger partial charge is 0.184 e. The lowest BCUT2D eigenvalue weighted by Crippen LogP contribution is -2.46. The van der Waals surface area contributed by atoms with E-state index in [-0.39, 0.29) is 17.3 Å². The Labute approximate surface area is 151 Å². The Morgan fingerprint density at radius 2 is 2.04 bits per heavy atom. The molecule has 1 fully saturated rings. The molecule has 0 radical (unpaired) electrons. The second-order valence-electron chi connectivity index (χ2n) is 7.91. The van der Waals surface area contributed by atoms with Gasteiger partial charge in [-0.3, -0.25) is 4.79 Å². The largest absolute Gasteiger partial charge is 0.392 e. The molecule has 0 spiro atoms. The van der Waals surface area contributed by atoms with E-state index in [2.05, 4.69) is 44.2 Å². The predicted octanol–water partition coefficient (Wildman–Crippen LogP) is 5.02. The lowest BCUT2D eigenvalue weighted by Gasteiger charge is -2.48. The van der Waals surface area contributed by atoms with E-state index in [1.807, 2.05) is 13.0 Å². The van der Waals surface area contributed by atoms with Crippen LogP contribution >= 0.6 is 0 Å². The number of ketones is 1. The third-order valence-electron chi connectivity index (χ3n) is 6.23. The van der Waals surface area contributed by atoms with Crippen molar-refractivity contribution in [2.45, 2.75) is 65.4 Å². The Morgan fingerprint density at radius 1 is 1.32 bits per heavy atom. The molecule has 1 aromatic carbocycles. The predicted molar refractivity (Wildman–Crippen MR) is 102 cm³/mol. The van der Waals surface area contributed by atoms with Gasteiger partial charge in [-0.25, -0.2) is 0 Å². The number of Topliss-reactive ketones (excluding diaryl/α,β-unsaturated/α-hetero) is 1. The number of hydrogen-bond acceptors (Lipinski definition) is 2. The molecule has 1 saturated carbocycles. The van der Waals surface area contributed by atoms with Gasteiger partial charge in [0.15, 0.2) is 5.78 Å². The second kappa shape index (κ2) is 7.29. The van der Waals surface area contributed by atoms with E-state index in [4.69, 9.17) is 0 Å². The Balaban J connectivity index is 2.09. The standard InChI is InChI=1S/C23H30O2/c1-4-16(2)13-19-15-23(14-18-9-6-5-7-10-18)20(17(3)22(19)25)11-8-12-21(23)24/h5-7,9-10,13,16,21,24H,4,8,11-12,14-15H2,1-3H3/b19-13+/t16?,21-,23-/m0/s1. The molecule has 1 unspecified atom stereocenters. The van der Waals surface area contributed by atoms with Crippen molar-refractivity contribution in [3.05, 3.63) is 58.7 Å². The lowest BCUT2D eigenvalue weighted by molar-refractivity contribution is -0.114. The van der Waals surface area contributed by atoms with E-state index in [0.717, 1.165) is 43.3 Å². The minimum Gasteiger partial charge on any atom is -0.392 e. The molecule has 2 heteroatoms. The van der Waals surface area contributed by atoms with Crippen molar-refractivity contribution >= 4 is 5.78 Å². The number of benzene rings is 1. The van der Waals surface area contributed by atoms with Gasteiger partial charge in [-0.15, -0.1) is 0 Å². The molecular weight excluding hydrogens is 308 g/mol. The Bertz CT molecular complexity index is 698. The van der Waals surface area contributed by atoms with Crippen molar-refractivity contribution in [1.82, 2.24) is 0 Å². The van der Waals surface area contributed by atoms with Gasteiger partial charge in [0.1, 0.15) is 0 Å². The number of rotatable bonds is 4. The molecule has 25 heavy (non-hydrogen) atoms. The minimum absolute atomic E-state index is 0.202. The molecule has 0 bridgehead atoms. The molecule has 1 aromatic rings. The van der Waals surface area contributed by atoms with Gasteiger partial charge in [0.05, 0.1) is 6.10 Å². The maximum atomic E-state index is 12.9. The molecule has 1 N–H and O–H groups in total. The van der Waals surface area contributed by atoms with Crippen molar-refractivity contribution in [3.63, 3.8) is 0 Å². The Morgan fingerprint density at radius 3 is 2.72 bits per heavy atom. The summed E-state index contributed by atoms with van der Waals surface area (Å²) >= 11 is 0. The molecule has 0 heterocycles. The summed E-state index contributed by atoms with van der Waals surface area (Å²) in [5.41, 5.74) is 3.94. The molecule has 0 aromatic heterocycles. The van der Waals surface area contributed by atoms with Crippen LogP contribution in [-0.2, 0) is 11.2 Å². The average Bonchev–Trinajstić information content (AvgIpc) is 2.62. The summed E-state index contributed by atoms with van der Waals surface area (Å²) < 4.78 is 0. The van der Waals surface area contributed by atoms with Crippen LogP contribution in [0.25, 0.3) is 0 Å². The highest BCUT2D eigenvalue weighted by Crippen LogP contribution is 2.52. The number of carbonyl (C=O) groups is 1. The molecule has 2 nitrogen and oxygen atoms in total. The zero-order valence-corrected chi connectivity index (χ0v) is 15.7. The fraction of sp³-hybridized carbons (Fsp3) is 0.522. The fourth-order valence-corrected chi connectivity index (χ4v) is 4.63. The number of carbonyl (C=O) groups excluding carboxylic acids is 1.